The Balaban J connectivity index is 3.24. The molecule has 1 aromatic rings. The summed E-state index contributed by atoms with van der Waals surface area (Å²) in [5, 5.41) is 29.7. The van der Waals surface area contributed by atoms with Gasteiger partial charge in [-0.15, -0.1) is 11.6 Å². The molecule has 0 bridgehead atoms. The molecule has 0 aliphatic rings. The Hall–Kier alpha value is -2.42. The largest absolute Gasteiger partial charge is 0.497 e. The molecule has 0 radical (unpaired) electrons. The van der Waals surface area contributed by atoms with E-state index in [9.17, 15) is 30.1 Å². The molecule has 0 aliphatic heterocycles. The van der Waals surface area contributed by atoms with Crippen molar-refractivity contribution in [2.75, 3.05) is 7.11 Å². The smallest absolute Gasteiger partial charge is 0.324 e. The van der Waals surface area contributed by atoms with Gasteiger partial charge in [0.15, 0.2) is 0 Å². The summed E-state index contributed by atoms with van der Waals surface area (Å²) in [5.74, 6) is -1.82. The molecule has 0 heterocycles. The van der Waals surface area contributed by atoms with Crippen LogP contribution in [0.15, 0.2) is 12.1 Å². The van der Waals surface area contributed by atoms with Gasteiger partial charge >= 0.3 is 17.3 Å². The Morgan fingerprint density at radius 3 is 2.15 bits per heavy atom. The number of carbonyl (C=O) groups is 1. The number of phenols is 1. The minimum atomic E-state index is -1.15. The molecule has 0 saturated heterocycles. The first-order valence-corrected chi connectivity index (χ1v) is 5.58. The van der Waals surface area contributed by atoms with E-state index < -0.39 is 38.3 Å². The molecule has 0 aliphatic carbocycles. The molecule has 20 heavy (non-hydrogen) atoms. The number of benzene rings is 1. The number of halogens is 1. The summed E-state index contributed by atoms with van der Waals surface area (Å²) in [7, 11) is 1.11. The lowest BCUT2D eigenvalue weighted by atomic mass is 10.1. The number of hydrogen-bond acceptors (Lipinski definition) is 7. The lowest BCUT2D eigenvalue weighted by molar-refractivity contribution is -0.396. The minimum Gasteiger partial charge on any atom is -0.497 e. The quantitative estimate of drug-likeness (QED) is 0.377. The second-order valence-corrected chi connectivity index (χ2v) is 4.22. The van der Waals surface area contributed by atoms with E-state index in [4.69, 9.17) is 11.6 Å². The Morgan fingerprint density at radius 1 is 1.35 bits per heavy atom. The number of aromatic hydroxyl groups is 1. The van der Waals surface area contributed by atoms with Crippen LogP contribution >= 0.6 is 11.6 Å². The molecule has 0 amide bonds. The van der Waals surface area contributed by atoms with Gasteiger partial charge in [-0.1, -0.05) is 0 Å². The van der Waals surface area contributed by atoms with E-state index in [1.165, 1.54) is 0 Å². The second-order valence-electron chi connectivity index (χ2n) is 3.69. The fraction of sp³-hybridized carbons (Fsp3) is 0.300. The van der Waals surface area contributed by atoms with E-state index in [2.05, 4.69) is 4.74 Å². The fourth-order valence-corrected chi connectivity index (χ4v) is 1.74. The lowest BCUT2D eigenvalue weighted by Gasteiger charge is -2.07. The topological polar surface area (TPSA) is 133 Å². The average Bonchev–Trinajstić information content (AvgIpc) is 2.38. The van der Waals surface area contributed by atoms with Crippen LogP contribution in [0.1, 0.15) is 5.56 Å². The molecule has 1 unspecified atom stereocenters. The van der Waals surface area contributed by atoms with Gasteiger partial charge in [0, 0.05) is 12.1 Å². The van der Waals surface area contributed by atoms with E-state index in [0.717, 1.165) is 19.2 Å². The number of ether oxygens (including phenoxy) is 1. The van der Waals surface area contributed by atoms with Crippen LogP contribution in [0.4, 0.5) is 11.4 Å². The molecule has 1 aromatic carbocycles. The monoisotopic (exact) mass is 304 g/mol. The first-order chi connectivity index (χ1) is 9.27. The van der Waals surface area contributed by atoms with Gasteiger partial charge in [-0.05, 0) is 12.0 Å². The van der Waals surface area contributed by atoms with E-state index >= 15 is 0 Å². The number of alkyl halides is 1. The number of nitrogens with zero attached hydrogens (tertiary/aromatic N) is 2. The highest BCUT2D eigenvalue weighted by Gasteiger charge is 2.27. The average molecular weight is 305 g/mol. The van der Waals surface area contributed by atoms with Crippen LogP contribution in [0.3, 0.4) is 0 Å². The van der Waals surface area contributed by atoms with Gasteiger partial charge < -0.3 is 9.84 Å². The maximum absolute atomic E-state index is 11.1. The van der Waals surface area contributed by atoms with Crippen molar-refractivity contribution in [3.8, 4) is 5.75 Å². The van der Waals surface area contributed by atoms with Crippen LogP contribution in [0.25, 0.3) is 0 Å². The van der Waals surface area contributed by atoms with Gasteiger partial charge in [0.2, 0.25) is 0 Å². The third kappa shape index (κ3) is 3.32. The maximum atomic E-state index is 11.1. The van der Waals surface area contributed by atoms with Crippen LogP contribution in [0.2, 0.25) is 0 Å². The van der Waals surface area contributed by atoms with Crippen LogP contribution in [0.5, 0.6) is 5.75 Å². The summed E-state index contributed by atoms with van der Waals surface area (Å²) in [4.78, 5) is 30.7. The summed E-state index contributed by atoms with van der Waals surface area (Å²) in [5.41, 5.74) is -1.60. The van der Waals surface area contributed by atoms with E-state index in [1.807, 2.05) is 0 Å². The molecule has 9 nitrogen and oxygen atoms in total. The van der Waals surface area contributed by atoms with Gasteiger partial charge in [-0.3, -0.25) is 25.0 Å². The van der Waals surface area contributed by atoms with Crippen molar-refractivity contribution in [1.29, 1.82) is 0 Å². The van der Waals surface area contributed by atoms with Crippen LogP contribution in [-0.4, -0.2) is 33.4 Å². The molecule has 1 N–H and O–H groups in total. The fourth-order valence-electron chi connectivity index (χ4n) is 1.48. The number of rotatable bonds is 5. The zero-order valence-corrected chi connectivity index (χ0v) is 10.9. The van der Waals surface area contributed by atoms with Gasteiger partial charge in [-0.25, -0.2) is 0 Å². The van der Waals surface area contributed by atoms with Crippen molar-refractivity contribution in [3.05, 3.63) is 37.9 Å². The molecule has 1 atom stereocenters. The first kappa shape index (κ1) is 15.6. The standard InChI is InChI=1S/C10H9ClN2O7/c1-20-10(15)6(11)2-5-3-7(12(16)17)9(14)8(4-5)13(18)19/h3-4,6,14H,2H2,1H3. The molecule has 0 spiro atoms. The Morgan fingerprint density at radius 2 is 1.80 bits per heavy atom. The van der Waals surface area contributed by atoms with Crippen molar-refractivity contribution >= 4 is 28.9 Å². The van der Waals surface area contributed by atoms with E-state index in [1.54, 1.807) is 0 Å². The third-order valence-corrected chi connectivity index (χ3v) is 2.73. The highest BCUT2D eigenvalue weighted by molar-refractivity contribution is 6.30. The van der Waals surface area contributed by atoms with Crippen LogP contribution < -0.4 is 0 Å². The summed E-state index contributed by atoms with van der Waals surface area (Å²) in [6.07, 6.45) is -0.212. The van der Waals surface area contributed by atoms with Gasteiger partial charge in [0.1, 0.15) is 5.38 Å². The van der Waals surface area contributed by atoms with Crippen molar-refractivity contribution in [2.45, 2.75) is 11.8 Å². The number of carbonyl (C=O) groups excluding carboxylic acids is 1. The highest BCUT2D eigenvalue weighted by atomic mass is 35.5. The first-order valence-electron chi connectivity index (χ1n) is 5.14. The van der Waals surface area contributed by atoms with Gasteiger partial charge in [0.25, 0.3) is 5.75 Å². The number of esters is 1. The van der Waals surface area contributed by atoms with E-state index in [0.29, 0.717) is 0 Å². The number of nitro benzene ring substituents is 2. The minimum absolute atomic E-state index is 0.0617. The summed E-state index contributed by atoms with van der Waals surface area (Å²) < 4.78 is 4.38. The van der Waals surface area contributed by atoms with Crippen LogP contribution in [0, 0.1) is 20.2 Å². The maximum Gasteiger partial charge on any atom is 0.324 e. The zero-order valence-electron chi connectivity index (χ0n) is 10.1. The lowest BCUT2D eigenvalue weighted by Crippen LogP contribution is -2.18. The molecule has 10 heteroatoms. The van der Waals surface area contributed by atoms with Gasteiger partial charge in [0.05, 0.1) is 17.0 Å². The molecular formula is C10H9ClN2O7. The van der Waals surface area contributed by atoms with Crippen LogP contribution in [-0.2, 0) is 16.0 Å². The van der Waals surface area contributed by atoms with Crippen molar-refractivity contribution < 1.29 is 24.5 Å². The summed E-state index contributed by atoms with van der Waals surface area (Å²) in [6.45, 7) is 0. The zero-order chi connectivity index (χ0) is 15.4. The number of hydrogen-bond donors (Lipinski definition) is 1. The number of phenolic OH excluding ortho intramolecular Hbond substituents is 1. The Kier molecular flexibility index (Phi) is 4.81. The predicted octanol–water partition coefficient (Wildman–Crippen LogP) is 1.53. The van der Waals surface area contributed by atoms with Gasteiger partial charge in [-0.2, -0.15) is 0 Å². The second kappa shape index (κ2) is 6.15. The van der Waals surface area contributed by atoms with Crippen molar-refractivity contribution in [3.63, 3.8) is 0 Å². The predicted molar refractivity (Wildman–Crippen MR) is 66.8 cm³/mol. The molecule has 0 fully saturated rings. The van der Waals surface area contributed by atoms with E-state index in [-0.39, 0.29) is 12.0 Å². The molecular weight excluding hydrogens is 296 g/mol. The molecule has 0 aromatic heterocycles. The number of methoxy groups -OCH3 is 1. The third-order valence-electron chi connectivity index (χ3n) is 2.39. The number of nitro groups is 2. The molecule has 1 rings (SSSR count). The summed E-state index contributed by atoms with van der Waals surface area (Å²) >= 11 is 5.69. The normalized spacial score (nSPS) is 11.7. The molecule has 108 valence electrons. The Bertz CT molecular complexity index is 540. The molecule has 0 saturated carbocycles. The SMILES string of the molecule is COC(=O)C(Cl)Cc1cc([N+](=O)[O-])c(O)c([N+](=O)[O-])c1. The summed E-state index contributed by atoms with van der Waals surface area (Å²) in [6, 6.07) is 1.83. The Labute approximate surface area is 117 Å². The van der Waals surface area contributed by atoms with Crippen molar-refractivity contribution in [1.82, 2.24) is 0 Å². The highest BCUT2D eigenvalue weighted by Crippen LogP contribution is 2.37. The van der Waals surface area contributed by atoms with Crippen molar-refractivity contribution in [2.24, 2.45) is 0 Å².